The molecule has 5 rings (SSSR count). The molecule has 1 aliphatic heterocycles. The van der Waals surface area contributed by atoms with Crippen molar-refractivity contribution >= 4 is 23.2 Å². The summed E-state index contributed by atoms with van der Waals surface area (Å²) in [6.07, 6.45) is 1.99. The zero-order valence-electron chi connectivity index (χ0n) is 18.4. The Morgan fingerprint density at radius 1 is 1.00 bits per heavy atom. The topological polar surface area (TPSA) is 102 Å². The van der Waals surface area contributed by atoms with E-state index in [0.29, 0.717) is 65.8 Å². The summed E-state index contributed by atoms with van der Waals surface area (Å²) in [6, 6.07) is 10.9. The van der Waals surface area contributed by atoms with Crippen molar-refractivity contribution in [3.63, 3.8) is 0 Å². The number of nitrogens with one attached hydrogen (secondary N) is 2. The first-order valence-electron chi connectivity index (χ1n) is 11.0. The molecule has 0 fully saturated rings. The van der Waals surface area contributed by atoms with E-state index in [1.165, 1.54) is 18.2 Å². The molecule has 2 aromatic carbocycles. The number of benzene rings is 2. The van der Waals surface area contributed by atoms with Crippen molar-refractivity contribution in [3.05, 3.63) is 76.5 Å². The Kier molecular flexibility index (Phi) is 5.75. The zero-order chi connectivity index (χ0) is 23.7. The van der Waals surface area contributed by atoms with Gasteiger partial charge < -0.3 is 19.2 Å². The van der Waals surface area contributed by atoms with E-state index in [4.69, 9.17) is 13.9 Å². The van der Waals surface area contributed by atoms with Crippen LogP contribution in [0.25, 0.3) is 0 Å². The Labute approximate surface area is 194 Å². The van der Waals surface area contributed by atoms with Gasteiger partial charge in [0.1, 0.15) is 24.8 Å². The summed E-state index contributed by atoms with van der Waals surface area (Å²) >= 11 is 0. The zero-order valence-corrected chi connectivity index (χ0v) is 18.4. The van der Waals surface area contributed by atoms with Crippen LogP contribution in [0, 0.1) is 12.7 Å². The average molecular weight is 463 g/mol. The highest BCUT2D eigenvalue weighted by Gasteiger charge is 2.28. The van der Waals surface area contributed by atoms with Crippen molar-refractivity contribution in [1.82, 2.24) is 5.43 Å². The van der Waals surface area contributed by atoms with Crippen LogP contribution in [0.15, 0.2) is 52.0 Å². The molecule has 3 aromatic rings. The molecule has 0 unspecified atom stereocenters. The Morgan fingerprint density at radius 3 is 2.62 bits per heavy atom. The van der Waals surface area contributed by atoms with Gasteiger partial charge in [-0.05, 0) is 44.0 Å². The molecule has 8 nitrogen and oxygen atoms in total. The van der Waals surface area contributed by atoms with Gasteiger partial charge in [0.05, 0.1) is 11.3 Å². The van der Waals surface area contributed by atoms with Crippen LogP contribution in [0.2, 0.25) is 0 Å². The molecule has 2 heterocycles. The molecule has 2 N–H and O–H groups in total. The van der Waals surface area contributed by atoms with Gasteiger partial charge in [-0.1, -0.05) is 12.1 Å². The van der Waals surface area contributed by atoms with Gasteiger partial charge in [0.15, 0.2) is 17.3 Å². The third-order valence-electron chi connectivity index (χ3n) is 5.74. The maximum Gasteiger partial charge on any atom is 0.291 e. The number of halogens is 1. The average Bonchev–Trinajstić information content (AvgIpc) is 3.20. The molecule has 2 aliphatic rings. The molecule has 34 heavy (non-hydrogen) atoms. The lowest BCUT2D eigenvalue weighted by Crippen LogP contribution is -2.23. The van der Waals surface area contributed by atoms with Crippen molar-refractivity contribution in [2.45, 2.75) is 26.2 Å². The largest absolute Gasteiger partial charge is 0.486 e. The van der Waals surface area contributed by atoms with Crippen molar-refractivity contribution in [2.24, 2.45) is 5.10 Å². The number of furan rings is 1. The molecule has 174 valence electrons. The minimum absolute atomic E-state index is 0.0914. The summed E-state index contributed by atoms with van der Waals surface area (Å²) in [7, 11) is 0. The standard InChI is InChI=1S/C25H22FN3O5/c1-14-22-18(28-29-24(30)16-5-2-3-6-17(16)26)7-4-8-20(22)34-23(14)25(31)27-15-9-10-19-21(13-15)33-12-11-32-19/h2-3,5-6,9-10,13H,4,7-8,11-12H2,1H3,(H,27,31)(H,29,30)/b28-18+. The molecular formula is C25H22FN3O5. The smallest absolute Gasteiger partial charge is 0.291 e. The van der Waals surface area contributed by atoms with Gasteiger partial charge in [-0.3, -0.25) is 9.59 Å². The third kappa shape index (κ3) is 4.12. The van der Waals surface area contributed by atoms with Crippen molar-refractivity contribution in [3.8, 4) is 11.5 Å². The number of hydrogen-bond donors (Lipinski definition) is 2. The van der Waals surface area contributed by atoms with Gasteiger partial charge in [-0.2, -0.15) is 5.10 Å². The number of hydrazone groups is 1. The summed E-state index contributed by atoms with van der Waals surface area (Å²) < 4.78 is 30.9. The first kappa shape index (κ1) is 21.7. The van der Waals surface area contributed by atoms with Gasteiger partial charge in [-0.15, -0.1) is 0 Å². The minimum Gasteiger partial charge on any atom is -0.486 e. The monoisotopic (exact) mass is 463 g/mol. The highest BCUT2D eigenvalue weighted by molar-refractivity contribution is 6.09. The van der Waals surface area contributed by atoms with Crippen LogP contribution in [-0.4, -0.2) is 30.7 Å². The third-order valence-corrected chi connectivity index (χ3v) is 5.74. The van der Waals surface area contributed by atoms with E-state index in [2.05, 4.69) is 15.8 Å². The molecule has 0 atom stereocenters. The summed E-state index contributed by atoms with van der Waals surface area (Å²) in [6.45, 7) is 2.71. The molecule has 9 heteroatoms. The van der Waals surface area contributed by atoms with E-state index in [1.807, 2.05) is 0 Å². The number of ether oxygens (including phenoxy) is 2. The fourth-order valence-corrected chi connectivity index (χ4v) is 4.13. The van der Waals surface area contributed by atoms with E-state index in [-0.39, 0.29) is 11.3 Å². The number of carbonyl (C=O) groups excluding carboxylic acids is 2. The van der Waals surface area contributed by atoms with Gasteiger partial charge in [0.25, 0.3) is 11.8 Å². The molecule has 0 saturated heterocycles. The number of aryl methyl sites for hydroxylation is 1. The molecule has 0 radical (unpaired) electrons. The molecule has 0 saturated carbocycles. The van der Waals surface area contributed by atoms with E-state index in [0.717, 1.165) is 6.42 Å². The molecule has 0 spiro atoms. The van der Waals surface area contributed by atoms with Crippen LogP contribution >= 0.6 is 0 Å². The fraction of sp³-hybridized carbons (Fsp3) is 0.240. The Bertz CT molecular complexity index is 1310. The number of carbonyl (C=O) groups is 2. The molecule has 1 aliphatic carbocycles. The molecule has 1 aromatic heterocycles. The normalized spacial score (nSPS) is 15.5. The Morgan fingerprint density at radius 2 is 1.79 bits per heavy atom. The first-order chi connectivity index (χ1) is 16.5. The van der Waals surface area contributed by atoms with Crippen molar-refractivity contribution in [1.29, 1.82) is 0 Å². The summed E-state index contributed by atoms with van der Waals surface area (Å²) in [4.78, 5) is 25.3. The second-order valence-corrected chi connectivity index (χ2v) is 8.00. The fourth-order valence-electron chi connectivity index (χ4n) is 4.13. The van der Waals surface area contributed by atoms with Crippen LogP contribution < -0.4 is 20.2 Å². The second kappa shape index (κ2) is 9.01. The van der Waals surface area contributed by atoms with Gasteiger partial charge >= 0.3 is 0 Å². The number of rotatable bonds is 4. The van der Waals surface area contributed by atoms with Crippen molar-refractivity contribution in [2.75, 3.05) is 18.5 Å². The van der Waals surface area contributed by atoms with Crippen LogP contribution in [0.1, 0.15) is 50.6 Å². The summed E-state index contributed by atoms with van der Waals surface area (Å²) in [5.41, 5.74) is 4.80. The SMILES string of the molecule is Cc1c(C(=O)Nc2ccc3c(c2)OCCO3)oc2c1/C(=N/NC(=O)c1ccccc1F)CCC2. The number of fused-ring (bicyclic) bond motifs is 2. The highest BCUT2D eigenvalue weighted by Crippen LogP contribution is 2.34. The first-order valence-corrected chi connectivity index (χ1v) is 11.0. The number of amides is 2. The molecular weight excluding hydrogens is 441 g/mol. The second-order valence-electron chi connectivity index (χ2n) is 8.00. The van der Waals surface area contributed by atoms with Gasteiger partial charge in [-0.25, -0.2) is 9.82 Å². The van der Waals surface area contributed by atoms with E-state index < -0.39 is 17.6 Å². The van der Waals surface area contributed by atoms with Crippen LogP contribution in [0.4, 0.5) is 10.1 Å². The van der Waals surface area contributed by atoms with Crippen LogP contribution in [0.3, 0.4) is 0 Å². The highest BCUT2D eigenvalue weighted by atomic mass is 19.1. The summed E-state index contributed by atoms with van der Waals surface area (Å²) in [5.74, 6) is 0.340. The number of nitrogens with zero attached hydrogens (tertiary/aromatic N) is 1. The minimum atomic E-state index is -0.643. The lowest BCUT2D eigenvalue weighted by Gasteiger charge is -2.18. The van der Waals surface area contributed by atoms with E-state index >= 15 is 0 Å². The Hall–Kier alpha value is -4.14. The lowest BCUT2D eigenvalue weighted by molar-refractivity contribution is 0.0949. The maximum absolute atomic E-state index is 13.9. The van der Waals surface area contributed by atoms with Crippen molar-refractivity contribution < 1.29 is 27.9 Å². The number of anilines is 1. The van der Waals surface area contributed by atoms with E-state index in [1.54, 1.807) is 31.2 Å². The van der Waals surface area contributed by atoms with Gasteiger partial charge in [0.2, 0.25) is 0 Å². The quantitative estimate of drug-likeness (QED) is 0.564. The predicted molar refractivity (Wildman–Crippen MR) is 122 cm³/mol. The van der Waals surface area contributed by atoms with Crippen LogP contribution in [-0.2, 0) is 6.42 Å². The molecule has 2 amide bonds. The molecule has 0 bridgehead atoms. The van der Waals surface area contributed by atoms with E-state index in [9.17, 15) is 14.0 Å². The van der Waals surface area contributed by atoms with Crippen LogP contribution in [0.5, 0.6) is 11.5 Å². The Balaban J connectivity index is 1.36. The summed E-state index contributed by atoms with van der Waals surface area (Å²) in [5, 5.41) is 7.07. The number of hydrogen-bond acceptors (Lipinski definition) is 6. The lowest BCUT2D eigenvalue weighted by atomic mass is 9.93. The maximum atomic E-state index is 13.9. The van der Waals surface area contributed by atoms with Gasteiger partial charge in [0, 0.05) is 29.3 Å². The predicted octanol–water partition coefficient (Wildman–Crippen LogP) is 4.22.